The van der Waals surface area contributed by atoms with Crippen molar-refractivity contribution in [2.75, 3.05) is 0 Å². The van der Waals surface area contributed by atoms with E-state index in [2.05, 4.69) is 6.92 Å². The number of carbonyl (C=O) groups is 4. The molecule has 0 radical (unpaired) electrons. The second kappa shape index (κ2) is 10.9. The number of aliphatic hydroxyl groups is 3. The van der Waals surface area contributed by atoms with Gasteiger partial charge in [-0.3, -0.25) is 19.2 Å². The van der Waals surface area contributed by atoms with Gasteiger partial charge in [0.05, 0.1) is 5.60 Å². The Labute approximate surface area is 294 Å². The summed E-state index contributed by atoms with van der Waals surface area (Å²) in [6.07, 6.45) is 9.33. The van der Waals surface area contributed by atoms with Crippen LogP contribution < -0.4 is 0 Å². The Balaban J connectivity index is 1.39. The fraction of sp³-hybridized carbons (Fsp3) is 0.619. The number of hydrogen-bond donors (Lipinski definition) is 4. The van der Waals surface area contributed by atoms with Gasteiger partial charge in [0.1, 0.15) is 22.9 Å². The normalized spacial score (nSPS) is 45.4. The van der Waals surface area contributed by atoms with Crippen molar-refractivity contribution in [2.45, 2.75) is 110 Å². The Morgan fingerprint density at radius 2 is 1.66 bits per heavy atom. The molecule has 0 spiro atoms. The topological polar surface area (TPSA) is 149 Å². The molecule has 0 aliphatic heterocycles. The molecule has 1 aromatic carbocycles. The summed E-state index contributed by atoms with van der Waals surface area (Å²) < 4.78 is 0. The summed E-state index contributed by atoms with van der Waals surface area (Å²) in [6, 6.07) is 9.79. The van der Waals surface area contributed by atoms with Gasteiger partial charge in [-0.1, -0.05) is 90.1 Å². The van der Waals surface area contributed by atoms with Crippen LogP contribution >= 0.6 is 0 Å². The number of fused-ring (bicyclic) bond motifs is 2. The Hall–Kier alpha value is -3.20. The summed E-state index contributed by atoms with van der Waals surface area (Å²) in [4.78, 5) is 53.8. The summed E-state index contributed by atoms with van der Waals surface area (Å²) in [5.74, 6) is -4.84. The molecule has 8 heteroatoms. The van der Waals surface area contributed by atoms with Crippen molar-refractivity contribution in [3.8, 4) is 0 Å². The summed E-state index contributed by atoms with van der Waals surface area (Å²) in [5, 5.41) is 47.6. The summed E-state index contributed by atoms with van der Waals surface area (Å²) in [7, 11) is 0. The van der Waals surface area contributed by atoms with E-state index in [0.717, 1.165) is 5.56 Å². The number of rotatable bonds is 6. The van der Waals surface area contributed by atoms with Crippen molar-refractivity contribution in [2.24, 2.45) is 51.2 Å². The monoisotopic (exact) mass is 684 g/mol. The maximum absolute atomic E-state index is 14.9. The molecule has 0 saturated heterocycles. The molecule has 0 unspecified atom stereocenters. The number of ketones is 3. The molecule has 6 aliphatic carbocycles. The lowest BCUT2D eigenvalue weighted by Gasteiger charge is -2.68. The fourth-order valence-electron chi connectivity index (χ4n) is 12.7. The Bertz CT molecular complexity index is 1770. The van der Waals surface area contributed by atoms with E-state index in [9.17, 15) is 39.6 Å². The number of carbonyl (C=O) groups excluding carboxylic acids is 3. The quantitative estimate of drug-likeness (QED) is 0.214. The van der Waals surface area contributed by atoms with Crippen LogP contribution in [0.3, 0.4) is 0 Å². The van der Waals surface area contributed by atoms with Gasteiger partial charge in [0, 0.05) is 40.6 Å². The van der Waals surface area contributed by atoms with Gasteiger partial charge >= 0.3 is 5.97 Å². The summed E-state index contributed by atoms with van der Waals surface area (Å²) >= 11 is 0. The highest BCUT2D eigenvalue weighted by Gasteiger charge is 2.78. The molecule has 0 bridgehead atoms. The van der Waals surface area contributed by atoms with Crippen molar-refractivity contribution >= 4 is 29.4 Å². The fourth-order valence-corrected chi connectivity index (χ4v) is 12.7. The second-order valence-electron chi connectivity index (χ2n) is 18.0. The zero-order valence-corrected chi connectivity index (χ0v) is 30.2. The zero-order valence-electron chi connectivity index (χ0n) is 30.2. The maximum Gasteiger partial charge on any atom is 0.314 e. The average molecular weight is 685 g/mol. The van der Waals surface area contributed by atoms with Gasteiger partial charge < -0.3 is 20.4 Å². The standard InChI is InChI=1S/C42H52O8/c1-24(21-40(48)17-10-13-26(34(40)45)35(46)47)28-22-41(49)19-20-42(50)27(15-14-25-11-8-7-9-12-25)32-36(2,3)30(44)16-18-37(32,4)31-29(43)23-38(28,5)39(41,6)33(31)42/h7-9,11-12,14-15,19-20,24,26-28,32,48-50H,10,13,16-18,21-23H2,1-6H3,(H,46,47)/t24-,26-,27+,28+,32+,37-,38-,39+,40-,41-,42+/m1/s1. The molecular formula is C42H52O8. The lowest BCUT2D eigenvalue weighted by Crippen LogP contribution is -2.69. The zero-order chi connectivity index (χ0) is 36.4. The van der Waals surface area contributed by atoms with Gasteiger partial charge in [0.2, 0.25) is 0 Å². The van der Waals surface area contributed by atoms with Crippen molar-refractivity contribution in [3.05, 3.63) is 65.3 Å². The molecule has 268 valence electrons. The minimum Gasteiger partial charge on any atom is -0.481 e. The first-order valence-corrected chi connectivity index (χ1v) is 18.4. The predicted octanol–water partition coefficient (Wildman–Crippen LogP) is 5.89. The third-order valence-corrected chi connectivity index (χ3v) is 15.2. The Morgan fingerprint density at radius 1 is 0.980 bits per heavy atom. The lowest BCUT2D eigenvalue weighted by molar-refractivity contribution is -0.163. The molecular weight excluding hydrogens is 632 g/mol. The SMILES string of the molecule is C[C@H](C[C@]1(O)CCC[C@@H](C(=O)O)C1=O)[C@@H]1C[C@]2(O)C=C[C@@]3(O)C4=C(C(=O)C[C@@]1(C)[C@]42C)[C@@]1(C)CCC(=O)C(C)(C)[C@@H]1[C@@H]3C=Cc1ccccc1. The van der Waals surface area contributed by atoms with Crippen LogP contribution in [0.2, 0.25) is 0 Å². The molecule has 6 aliphatic rings. The van der Waals surface area contributed by atoms with Crippen molar-refractivity contribution in [1.82, 2.24) is 0 Å². The van der Waals surface area contributed by atoms with Gasteiger partial charge in [0.25, 0.3) is 0 Å². The van der Waals surface area contributed by atoms with Crippen LogP contribution in [0.5, 0.6) is 0 Å². The van der Waals surface area contributed by atoms with Crippen LogP contribution in [0.15, 0.2) is 59.7 Å². The van der Waals surface area contributed by atoms with Crippen LogP contribution in [0.4, 0.5) is 0 Å². The van der Waals surface area contributed by atoms with Gasteiger partial charge in [-0.2, -0.15) is 0 Å². The number of hydrogen-bond acceptors (Lipinski definition) is 7. The first kappa shape index (κ1) is 35.2. The molecule has 4 N–H and O–H groups in total. The van der Waals surface area contributed by atoms with Crippen LogP contribution in [0.25, 0.3) is 6.08 Å². The highest BCUT2D eigenvalue weighted by atomic mass is 16.4. The van der Waals surface area contributed by atoms with E-state index in [0.29, 0.717) is 30.4 Å². The molecule has 0 heterocycles. The maximum atomic E-state index is 14.9. The summed E-state index contributed by atoms with van der Waals surface area (Å²) in [5.41, 5.74) is -6.48. The lowest BCUT2D eigenvalue weighted by atomic mass is 9.36. The van der Waals surface area contributed by atoms with E-state index in [-0.39, 0.29) is 55.5 Å². The molecule has 11 atom stereocenters. The molecule has 0 amide bonds. The van der Waals surface area contributed by atoms with E-state index in [1.165, 1.54) is 0 Å². The van der Waals surface area contributed by atoms with E-state index in [1.54, 1.807) is 12.2 Å². The Kier molecular flexibility index (Phi) is 7.68. The van der Waals surface area contributed by atoms with Crippen LogP contribution in [0.1, 0.15) is 98.5 Å². The molecule has 1 aromatic rings. The number of benzene rings is 1. The minimum absolute atomic E-state index is 0.0225. The highest BCUT2D eigenvalue weighted by Crippen LogP contribution is 2.78. The van der Waals surface area contributed by atoms with E-state index in [1.807, 2.05) is 77.1 Å². The first-order chi connectivity index (χ1) is 23.2. The van der Waals surface area contributed by atoms with Gasteiger partial charge in [0.15, 0.2) is 11.6 Å². The molecule has 3 fully saturated rings. The minimum atomic E-state index is -1.81. The molecule has 50 heavy (non-hydrogen) atoms. The summed E-state index contributed by atoms with van der Waals surface area (Å²) in [6.45, 7) is 11.9. The van der Waals surface area contributed by atoms with Crippen molar-refractivity contribution < 1.29 is 39.6 Å². The molecule has 3 saturated carbocycles. The first-order valence-electron chi connectivity index (χ1n) is 18.4. The van der Waals surface area contributed by atoms with Gasteiger partial charge in [-0.05, 0) is 78.9 Å². The number of allylic oxidation sites excluding steroid dienone is 1. The Morgan fingerprint density at radius 3 is 2.32 bits per heavy atom. The molecule has 7 rings (SSSR count). The van der Waals surface area contributed by atoms with Crippen LogP contribution in [-0.4, -0.2) is 60.5 Å². The molecule has 0 aromatic heterocycles. The largest absolute Gasteiger partial charge is 0.481 e. The third-order valence-electron chi connectivity index (χ3n) is 15.2. The van der Waals surface area contributed by atoms with Gasteiger partial charge in [-0.15, -0.1) is 0 Å². The molecule has 8 nitrogen and oxygen atoms in total. The number of carboxylic acids is 1. The van der Waals surface area contributed by atoms with E-state index >= 15 is 0 Å². The highest BCUT2D eigenvalue weighted by molar-refractivity contribution is 6.03. The second-order valence-corrected chi connectivity index (χ2v) is 18.0. The predicted molar refractivity (Wildman–Crippen MR) is 187 cm³/mol. The smallest absolute Gasteiger partial charge is 0.314 e. The van der Waals surface area contributed by atoms with E-state index < -0.39 is 68.0 Å². The number of aliphatic carboxylic acids is 1. The third kappa shape index (κ3) is 4.34. The van der Waals surface area contributed by atoms with Crippen LogP contribution in [-0.2, 0) is 19.2 Å². The van der Waals surface area contributed by atoms with Crippen molar-refractivity contribution in [1.29, 1.82) is 0 Å². The van der Waals surface area contributed by atoms with Crippen molar-refractivity contribution in [3.63, 3.8) is 0 Å². The van der Waals surface area contributed by atoms with Crippen LogP contribution in [0, 0.1) is 51.2 Å². The average Bonchev–Trinajstić information content (AvgIpc) is 3.23. The number of carboxylic acid groups (broad SMARTS) is 1. The van der Waals surface area contributed by atoms with E-state index in [4.69, 9.17) is 0 Å². The van der Waals surface area contributed by atoms with Gasteiger partial charge in [-0.25, -0.2) is 0 Å². The number of Topliss-reactive ketones (excluding diaryl/α,β-unsaturated/α-hetero) is 3.